The van der Waals surface area contributed by atoms with Crippen molar-refractivity contribution in [2.24, 2.45) is 0 Å². The summed E-state index contributed by atoms with van der Waals surface area (Å²) in [7, 11) is -9.90. The van der Waals surface area contributed by atoms with Crippen molar-refractivity contribution in [1.82, 2.24) is 0 Å². The zero-order chi connectivity index (χ0) is 70.4. The summed E-state index contributed by atoms with van der Waals surface area (Å²) in [5.74, 6) is -2.11. The van der Waals surface area contributed by atoms with Crippen molar-refractivity contribution < 1.29 is 80.2 Å². The molecule has 0 radical (unpaired) electrons. The van der Waals surface area contributed by atoms with Crippen molar-refractivity contribution in [3.63, 3.8) is 0 Å². The van der Waals surface area contributed by atoms with Gasteiger partial charge in [-0.2, -0.15) is 0 Å². The molecule has 17 nitrogen and oxygen atoms in total. The van der Waals surface area contributed by atoms with Gasteiger partial charge in [0, 0.05) is 25.7 Å². The lowest BCUT2D eigenvalue weighted by Gasteiger charge is -2.21. The molecule has 96 heavy (non-hydrogen) atoms. The highest BCUT2D eigenvalue weighted by molar-refractivity contribution is 7.47. The summed E-state index contributed by atoms with van der Waals surface area (Å²) in [6, 6.07) is 0. The van der Waals surface area contributed by atoms with E-state index in [0.717, 1.165) is 89.9 Å². The summed E-state index contributed by atoms with van der Waals surface area (Å²) in [5, 5.41) is 10.6. The third-order valence-electron chi connectivity index (χ3n) is 18.1. The topological polar surface area (TPSA) is 237 Å². The molecule has 2 unspecified atom stereocenters. The Bertz CT molecular complexity index is 1830. The minimum Gasteiger partial charge on any atom is -0.462 e. The first-order valence-corrected chi connectivity index (χ1v) is 43.3. The highest BCUT2D eigenvalue weighted by Gasteiger charge is 2.30. The number of esters is 4. The van der Waals surface area contributed by atoms with Gasteiger partial charge in [0.05, 0.1) is 26.4 Å². The molecule has 5 atom stereocenters. The molecule has 19 heteroatoms. The first-order chi connectivity index (χ1) is 46.7. The van der Waals surface area contributed by atoms with Crippen molar-refractivity contribution >= 4 is 39.5 Å². The molecule has 0 aromatic heterocycles. The molecule has 0 saturated heterocycles. The standard InChI is InChI=1S/C77H150O17P2/c1-5-9-13-17-21-25-28-31-33-34-35-36-37-38-39-40-42-45-48-52-56-60-64-77(82)94-73(68-88-75(80)62-58-54-50-46-44-41-32-29-26-22-18-14-10-6-2)70-92-96(85,86)90-66-71(78)65-89-95(83,84)91-69-72(67-87-74(79)61-57-53-49-24-20-16-12-8-4)93-76(81)63-59-55-51-47-43-30-27-23-19-15-11-7-3/h71-73,78H,5-70H2,1-4H3,(H,83,84)(H,85,86)/t71-,72+,73+/m0/s1. The van der Waals surface area contributed by atoms with Crippen LogP contribution in [0.25, 0.3) is 0 Å². The maximum atomic E-state index is 13.1. The minimum atomic E-state index is -4.96. The van der Waals surface area contributed by atoms with Gasteiger partial charge in [-0.1, -0.05) is 362 Å². The number of ether oxygens (including phenoxy) is 4. The zero-order valence-electron chi connectivity index (χ0n) is 62.4. The van der Waals surface area contributed by atoms with Crippen molar-refractivity contribution in [2.45, 2.75) is 431 Å². The van der Waals surface area contributed by atoms with Gasteiger partial charge in [-0.15, -0.1) is 0 Å². The molecule has 0 aromatic carbocycles. The molecule has 3 N–H and O–H groups in total. The molecule has 0 aromatic rings. The van der Waals surface area contributed by atoms with E-state index >= 15 is 0 Å². The van der Waals surface area contributed by atoms with Crippen molar-refractivity contribution in [1.29, 1.82) is 0 Å². The largest absolute Gasteiger partial charge is 0.472 e. The number of hydrogen-bond acceptors (Lipinski definition) is 15. The first-order valence-electron chi connectivity index (χ1n) is 40.3. The molecule has 0 heterocycles. The number of aliphatic hydroxyl groups is 1. The van der Waals surface area contributed by atoms with Crippen LogP contribution in [0.1, 0.15) is 413 Å². The van der Waals surface area contributed by atoms with E-state index < -0.39 is 97.5 Å². The summed E-state index contributed by atoms with van der Waals surface area (Å²) in [4.78, 5) is 72.7. The van der Waals surface area contributed by atoms with E-state index in [2.05, 4.69) is 27.7 Å². The Morgan fingerprint density at radius 2 is 0.417 bits per heavy atom. The van der Waals surface area contributed by atoms with Gasteiger partial charge in [-0.25, -0.2) is 9.13 Å². The van der Waals surface area contributed by atoms with Crippen LogP contribution in [0.15, 0.2) is 0 Å². The maximum absolute atomic E-state index is 13.1. The van der Waals surface area contributed by atoms with Crippen LogP contribution in [0.2, 0.25) is 0 Å². The molecule has 0 saturated carbocycles. The summed E-state index contributed by atoms with van der Waals surface area (Å²) < 4.78 is 68.5. The van der Waals surface area contributed by atoms with Gasteiger partial charge in [0.2, 0.25) is 0 Å². The molecule has 570 valence electrons. The van der Waals surface area contributed by atoms with Gasteiger partial charge in [0.25, 0.3) is 0 Å². The number of phosphoric acid groups is 2. The Morgan fingerprint density at radius 1 is 0.250 bits per heavy atom. The van der Waals surface area contributed by atoms with Gasteiger partial charge < -0.3 is 33.8 Å². The van der Waals surface area contributed by atoms with Crippen LogP contribution in [0.4, 0.5) is 0 Å². The van der Waals surface area contributed by atoms with E-state index in [9.17, 15) is 43.2 Å². The van der Waals surface area contributed by atoms with Gasteiger partial charge in [-0.3, -0.25) is 37.3 Å². The van der Waals surface area contributed by atoms with E-state index in [1.165, 1.54) is 244 Å². The molecular formula is C77H150O17P2. The SMILES string of the molecule is CCCCCCCCCCCCCCCCCCCCCCCCC(=O)O[C@H](COC(=O)CCCCCCCCCCCCCCCC)COP(=O)(O)OC[C@@H](O)COP(=O)(O)OC[C@@H](COC(=O)CCCCCCCCCC)OC(=O)CCCCCCCCCCCCCC. The molecule has 0 spiro atoms. The van der Waals surface area contributed by atoms with Crippen LogP contribution < -0.4 is 0 Å². The van der Waals surface area contributed by atoms with Crippen molar-refractivity contribution in [3.8, 4) is 0 Å². The number of phosphoric ester groups is 2. The number of rotatable bonds is 78. The predicted molar refractivity (Wildman–Crippen MR) is 391 cm³/mol. The quantitative estimate of drug-likeness (QED) is 0.0222. The van der Waals surface area contributed by atoms with Crippen LogP contribution in [-0.4, -0.2) is 96.7 Å². The average molecular weight is 1410 g/mol. The molecule has 0 bridgehead atoms. The van der Waals surface area contributed by atoms with E-state index in [1.807, 2.05) is 0 Å². The highest BCUT2D eigenvalue weighted by Crippen LogP contribution is 2.45. The second-order valence-electron chi connectivity index (χ2n) is 27.7. The Balaban J connectivity index is 5.16. The number of hydrogen-bond donors (Lipinski definition) is 3. The maximum Gasteiger partial charge on any atom is 0.472 e. The molecule has 0 aliphatic heterocycles. The number of carbonyl (C=O) groups is 4. The molecule has 0 rings (SSSR count). The second kappa shape index (κ2) is 71.5. The Morgan fingerprint density at radius 3 is 0.615 bits per heavy atom. The molecule has 0 aliphatic carbocycles. The van der Waals surface area contributed by atoms with Gasteiger partial charge >= 0.3 is 39.5 Å². The number of aliphatic hydroxyl groups excluding tert-OH is 1. The molecule has 0 amide bonds. The highest BCUT2D eigenvalue weighted by atomic mass is 31.2. The fraction of sp³-hybridized carbons (Fsp3) is 0.948. The summed E-state index contributed by atoms with van der Waals surface area (Å²) in [6.45, 7) is 4.97. The van der Waals surface area contributed by atoms with Crippen LogP contribution in [0.5, 0.6) is 0 Å². The Hall–Kier alpha value is -1.94. The Kier molecular flexibility index (Phi) is 70.0. The Labute approximate surface area is 588 Å². The second-order valence-corrected chi connectivity index (χ2v) is 30.7. The van der Waals surface area contributed by atoms with Crippen LogP contribution >= 0.6 is 15.6 Å². The third-order valence-corrected chi connectivity index (χ3v) is 20.0. The summed E-state index contributed by atoms with van der Waals surface area (Å²) >= 11 is 0. The monoisotopic (exact) mass is 1410 g/mol. The third kappa shape index (κ3) is 70.5. The first kappa shape index (κ1) is 94.1. The lowest BCUT2D eigenvalue weighted by Crippen LogP contribution is -2.30. The van der Waals surface area contributed by atoms with E-state index in [4.69, 9.17) is 37.0 Å². The average Bonchev–Trinajstić information content (AvgIpc) is 1.65. The van der Waals surface area contributed by atoms with Crippen molar-refractivity contribution in [3.05, 3.63) is 0 Å². The smallest absolute Gasteiger partial charge is 0.462 e. The van der Waals surface area contributed by atoms with Gasteiger partial charge in [-0.05, 0) is 25.7 Å². The van der Waals surface area contributed by atoms with E-state index in [1.54, 1.807) is 0 Å². The van der Waals surface area contributed by atoms with Gasteiger partial charge in [0.15, 0.2) is 12.2 Å². The normalized spacial score (nSPS) is 13.9. The molecular weight excluding hydrogens is 1260 g/mol. The summed E-state index contributed by atoms with van der Waals surface area (Å²) in [5.41, 5.74) is 0. The lowest BCUT2D eigenvalue weighted by atomic mass is 10.0. The zero-order valence-corrected chi connectivity index (χ0v) is 64.1. The number of unbranched alkanes of at least 4 members (excludes halogenated alkanes) is 52. The van der Waals surface area contributed by atoms with E-state index in [-0.39, 0.29) is 25.7 Å². The number of carbonyl (C=O) groups excluding carboxylic acids is 4. The molecule has 0 fully saturated rings. The van der Waals surface area contributed by atoms with Crippen LogP contribution in [-0.2, 0) is 65.4 Å². The van der Waals surface area contributed by atoms with Crippen LogP contribution in [0, 0.1) is 0 Å². The molecule has 0 aliphatic rings. The summed E-state index contributed by atoms with van der Waals surface area (Å²) in [6.07, 6.45) is 62.6. The van der Waals surface area contributed by atoms with E-state index in [0.29, 0.717) is 25.7 Å². The predicted octanol–water partition coefficient (Wildman–Crippen LogP) is 23.0. The minimum absolute atomic E-state index is 0.108. The lowest BCUT2D eigenvalue weighted by molar-refractivity contribution is -0.161. The fourth-order valence-corrected chi connectivity index (χ4v) is 13.5. The van der Waals surface area contributed by atoms with Crippen LogP contribution in [0.3, 0.4) is 0 Å². The van der Waals surface area contributed by atoms with Gasteiger partial charge in [0.1, 0.15) is 19.3 Å². The fourth-order valence-electron chi connectivity index (χ4n) is 11.9. The van der Waals surface area contributed by atoms with Crippen molar-refractivity contribution in [2.75, 3.05) is 39.6 Å².